The molecule has 0 aliphatic carbocycles. The fourth-order valence-corrected chi connectivity index (χ4v) is 5.58. The number of amides is 1. The number of hydrogen-bond donors (Lipinski definition) is 0. The van der Waals surface area contributed by atoms with Gasteiger partial charge in [0.25, 0.3) is 15.9 Å². The molecule has 3 aromatic rings. The molecule has 4 rings (SSSR count). The zero-order valence-corrected chi connectivity index (χ0v) is 16.3. The number of nitrogens with zero attached hydrogens (tertiary/aromatic N) is 3. The SMILES string of the molecule is O=C1c2ccccc2S(=O)(=O)N1CCSc1nccn1-c1ccc(Cl)cc1. The van der Waals surface area contributed by atoms with Gasteiger partial charge in [-0.3, -0.25) is 9.36 Å². The van der Waals surface area contributed by atoms with Gasteiger partial charge in [-0.15, -0.1) is 0 Å². The predicted molar refractivity (Wildman–Crippen MR) is 104 cm³/mol. The van der Waals surface area contributed by atoms with Crippen LogP contribution in [0.1, 0.15) is 10.4 Å². The van der Waals surface area contributed by atoms with Crippen molar-refractivity contribution in [3.05, 3.63) is 71.5 Å². The molecule has 0 N–H and O–H groups in total. The van der Waals surface area contributed by atoms with Gasteiger partial charge in [0, 0.05) is 35.4 Å². The van der Waals surface area contributed by atoms with Crippen LogP contribution in [0.25, 0.3) is 5.69 Å². The Kier molecular flexibility index (Phi) is 4.71. The Morgan fingerprint density at radius 2 is 1.81 bits per heavy atom. The van der Waals surface area contributed by atoms with Crippen molar-refractivity contribution in [3.63, 3.8) is 0 Å². The molecule has 0 spiro atoms. The maximum Gasteiger partial charge on any atom is 0.269 e. The normalized spacial score (nSPS) is 15.1. The first-order valence-electron chi connectivity index (χ1n) is 8.07. The molecule has 27 heavy (non-hydrogen) atoms. The highest BCUT2D eigenvalue weighted by molar-refractivity contribution is 7.99. The first-order chi connectivity index (χ1) is 13.0. The molecule has 138 valence electrons. The van der Waals surface area contributed by atoms with Gasteiger partial charge in [0.15, 0.2) is 5.16 Å². The second-order valence-electron chi connectivity index (χ2n) is 5.78. The van der Waals surface area contributed by atoms with E-state index in [9.17, 15) is 13.2 Å². The van der Waals surface area contributed by atoms with E-state index in [0.717, 1.165) is 9.99 Å². The van der Waals surface area contributed by atoms with Crippen LogP contribution in [-0.4, -0.2) is 40.5 Å². The highest BCUT2D eigenvalue weighted by atomic mass is 35.5. The summed E-state index contributed by atoms with van der Waals surface area (Å²) in [5.74, 6) is -0.0870. The van der Waals surface area contributed by atoms with E-state index >= 15 is 0 Å². The van der Waals surface area contributed by atoms with Crippen LogP contribution >= 0.6 is 23.4 Å². The van der Waals surface area contributed by atoms with Crippen LogP contribution in [0, 0.1) is 0 Å². The lowest BCUT2D eigenvalue weighted by atomic mass is 10.2. The van der Waals surface area contributed by atoms with Gasteiger partial charge in [-0.05, 0) is 36.4 Å². The van der Waals surface area contributed by atoms with Crippen molar-refractivity contribution in [3.8, 4) is 5.69 Å². The average molecular weight is 420 g/mol. The van der Waals surface area contributed by atoms with E-state index in [4.69, 9.17) is 11.6 Å². The molecule has 0 atom stereocenters. The number of fused-ring (bicyclic) bond motifs is 1. The third-order valence-corrected chi connectivity index (χ3v) is 7.19. The zero-order valence-electron chi connectivity index (χ0n) is 13.9. The molecule has 0 unspecified atom stereocenters. The van der Waals surface area contributed by atoms with Crippen molar-refractivity contribution in [2.75, 3.05) is 12.3 Å². The van der Waals surface area contributed by atoms with E-state index in [-0.39, 0.29) is 17.0 Å². The van der Waals surface area contributed by atoms with Crippen LogP contribution in [0.3, 0.4) is 0 Å². The number of thioether (sulfide) groups is 1. The summed E-state index contributed by atoms with van der Waals surface area (Å²) in [5, 5.41) is 1.35. The van der Waals surface area contributed by atoms with Crippen LogP contribution in [0.2, 0.25) is 5.02 Å². The Labute approximate surface area is 165 Å². The Hall–Kier alpha value is -2.29. The molecule has 1 aliphatic heterocycles. The molecule has 0 radical (unpaired) electrons. The maximum atomic E-state index is 12.6. The Morgan fingerprint density at radius 1 is 1.07 bits per heavy atom. The molecule has 2 heterocycles. The second kappa shape index (κ2) is 7.03. The molecular weight excluding hydrogens is 406 g/mol. The van der Waals surface area contributed by atoms with E-state index in [1.165, 1.54) is 23.9 Å². The maximum absolute atomic E-state index is 12.6. The first kappa shape index (κ1) is 18.1. The summed E-state index contributed by atoms with van der Waals surface area (Å²) in [7, 11) is -3.78. The van der Waals surface area contributed by atoms with Gasteiger partial charge in [0.1, 0.15) is 4.90 Å². The van der Waals surface area contributed by atoms with E-state index < -0.39 is 15.9 Å². The zero-order chi connectivity index (χ0) is 19.0. The summed E-state index contributed by atoms with van der Waals surface area (Å²) in [4.78, 5) is 16.8. The third kappa shape index (κ3) is 3.24. The predicted octanol–water partition coefficient (Wildman–Crippen LogP) is 3.46. The number of carbonyl (C=O) groups excluding carboxylic acids is 1. The minimum absolute atomic E-state index is 0.0719. The highest BCUT2D eigenvalue weighted by Crippen LogP contribution is 2.30. The van der Waals surface area contributed by atoms with Crippen molar-refractivity contribution in [1.82, 2.24) is 13.9 Å². The monoisotopic (exact) mass is 419 g/mol. The summed E-state index contributed by atoms with van der Waals surface area (Å²) >= 11 is 7.31. The first-order valence-corrected chi connectivity index (χ1v) is 10.9. The van der Waals surface area contributed by atoms with Gasteiger partial charge in [-0.25, -0.2) is 17.7 Å². The van der Waals surface area contributed by atoms with Gasteiger partial charge >= 0.3 is 0 Å². The number of rotatable bonds is 5. The lowest BCUT2D eigenvalue weighted by Crippen LogP contribution is -2.32. The van der Waals surface area contributed by atoms with Gasteiger partial charge in [0.2, 0.25) is 0 Å². The Bertz CT molecular complexity index is 1110. The fraction of sp³-hybridized carbons (Fsp3) is 0.111. The molecule has 0 bridgehead atoms. The molecule has 1 amide bonds. The van der Waals surface area contributed by atoms with Crippen molar-refractivity contribution in [2.45, 2.75) is 10.1 Å². The van der Waals surface area contributed by atoms with Crippen molar-refractivity contribution in [2.24, 2.45) is 0 Å². The lowest BCUT2D eigenvalue weighted by Gasteiger charge is -2.15. The topological polar surface area (TPSA) is 72.3 Å². The van der Waals surface area contributed by atoms with Crippen LogP contribution in [0.4, 0.5) is 0 Å². The summed E-state index contributed by atoms with van der Waals surface area (Å²) in [5.41, 5.74) is 1.13. The number of benzene rings is 2. The number of aromatic nitrogens is 2. The molecule has 2 aromatic carbocycles. The fourth-order valence-electron chi connectivity index (χ4n) is 2.87. The minimum atomic E-state index is -3.78. The molecule has 1 aliphatic rings. The van der Waals surface area contributed by atoms with Crippen LogP contribution < -0.4 is 0 Å². The molecule has 9 heteroatoms. The number of carbonyl (C=O) groups is 1. The number of hydrogen-bond acceptors (Lipinski definition) is 5. The third-order valence-electron chi connectivity index (χ3n) is 4.15. The van der Waals surface area contributed by atoms with Gasteiger partial charge in [-0.2, -0.15) is 0 Å². The molecule has 0 saturated heterocycles. The number of halogens is 1. The largest absolute Gasteiger partial charge is 0.295 e. The minimum Gasteiger partial charge on any atom is -0.295 e. The van der Waals surface area contributed by atoms with Gasteiger partial charge in [0.05, 0.1) is 5.56 Å². The van der Waals surface area contributed by atoms with Gasteiger partial charge < -0.3 is 0 Å². The molecule has 0 saturated carbocycles. The van der Waals surface area contributed by atoms with E-state index in [0.29, 0.717) is 15.9 Å². The van der Waals surface area contributed by atoms with Gasteiger partial charge in [-0.1, -0.05) is 35.5 Å². The number of imidazole rings is 1. The summed E-state index contributed by atoms with van der Waals surface area (Å²) < 4.78 is 28.0. The van der Waals surface area contributed by atoms with E-state index in [1.54, 1.807) is 30.5 Å². The standard InChI is InChI=1S/C18H14ClN3O3S2/c19-13-5-7-14(8-6-13)21-10-9-20-18(21)26-12-11-22-17(23)15-3-1-2-4-16(15)27(22,24)25/h1-10H,11-12H2. The average Bonchev–Trinajstić information content (AvgIpc) is 3.20. The second-order valence-corrected chi connectivity index (χ2v) is 9.11. The Balaban J connectivity index is 1.48. The molecule has 6 nitrogen and oxygen atoms in total. The van der Waals surface area contributed by atoms with Crippen molar-refractivity contribution < 1.29 is 13.2 Å². The molecular formula is C18H14ClN3O3S2. The van der Waals surface area contributed by atoms with Crippen molar-refractivity contribution >= 4 is 39.3 Å². The lowest BCUT2D eigenvalue weighted by molar-refractivity contribution is 0.0876. The van der Waals surface area contributed by atoms with E-state index in [2.05, 4.69) is 4.98 Å². The van der Waals surface area contributed by atoms with Crippen LogP contribution in [0.5, 0.6) is 0 Å². The van der Waals surface area contributed by atoms with E-state index in [1.807, 2.05) is 22.9 Å². The summed E-state index contributed by atoms with van der Waals surface area (Å²) in [6.45, 7) is 0.0774. The number of sulfonamides is 1. The van der Waals surface area contributed by atoms with Crippen LogP contribution in [-0.2, 0) is 10.0 Å². The molecule has 0 fully saturated rings. The molecule has 1 aromatic heterocycles. The summed E-state index contributed by atoms with van der Waals surface area (Å²) in [6.07, 6.45) is 3.49. The summed E-state index contributed by atoms with van der Waals surface area (Å²) in [6, 6.07) is 13.6. The quantitative estimate of drug-likeness (QED) is 0.592. The van der Waals surface area contributed by atoms with Crippen molar-refractivity contribution in [1.29, 1.82) is 0 Å². The highest BCUT2D eigenvalue weighted by Gasteiger charge is 2.40. The Morgan fingerprint density at radius 3 is 2.56 bits per heavy atom. The smallest absolute Gasteiger partial charge is 0.269 e. The van der Waals surface area contributed by atoms with Crippen LogP contribution in [0.15, 0.2) is 71.0 Å².